The summed E-state index contributed by atoms with van der Waals surface area (Å²) in [5.74, 6) is -4.85. The summed E-state index contributed by atoms with van der Waals surface area (Å²) in [4.78, 5) is 72.9. The number of Topliss-reactive ketones (excluding diaryl/α,β-unsaturated/α-hetero) is 1. The molecule has 2 amide bonds. The second-order valence-electron chi connectivity index (χ2n) is 22.1. The number of nitrogens with zero attached hydrogens (tertiary/aromatic N) is 6. The molecule has 0 aliphatic carbocycles. The van der Waals surface area contributed by atoms with Gasteiger partial charge in [-0.2, -0.15) is 0 Å². The predicted molar refractivity (Wildman–Crippen MR) is 285 cm³/mol. The number of aryl methyl sites for hydroxylation is 2. The third-order valence-electron chi connectivity index (χ3n) is 15.8. The SMILES string of the molecule is C/C1=C/C=C/C(C)C[C@@H](C)C(O)[C@@H](C)C(OC(=O)CC(=O)N2CCN(Cc3c(C)noc3C)CC2)[C@H](C)C/C=C/OC2(C)Oc3c(C)c(O)c4c(O)c(c5c(c4c3C2=O)=NC2(CCN(CC(C)C)CC2)N=5)NC1=O.CO. The summed E-state index contributed by atoms with van der Waals surface area (Å²) in [6, 6.07) is 0. The molecule has 19 nitrogen and oxygen atoms in total. The lowest BCUT2D eigenvalue weighted by Gasteiger charge is -2.36. The number of hydrogen-bond donors (Lipinski definition) is 5. The van der Waals surface area contributed by atoms with E-state index in [1.54, 1.807) is 37.0 Å². The molecule has 4 unspecified atom stereocenters. The van der Waals surface area contributed by atoms with Gasteiger partial charge in [-0.15, -0.1) is 0 Å². The standard InChI is InChI=1S/C56H75N7O11.CH4O/c1-30(2)28-61-19-17-56(18-20-61)58-45-42-43-49(67)36(8)52-44(42)53(69)55(11,73-52)71-25-13-16-32(4)51(72-41(65)27-40(64)63-23-21-62(22-24-63)29-39-37(9)60-74-38(39)10)35(7)48(66)34(6)26-31(3)14-12-15-33(5)54(70)57-47(50(43)68)46(45)59-56;1-2/h12-15,25,30-32,34-35,48,51,66-68H,16-24,26-29H2,1-11H3,(H,57,70);2H,1H3/b14-12+,25-13+,33-15-;/t31?,32-,34-,35-,48?,51?,55?;/m1./s1. The van der Waals surface area contributed by atoms with E-state index in [2.05, 4.69) is 34.1 Å². The number of aromatic nitrogens is 1. The lowest BCUT2D eigenvalue weighted by Crippen LogP contribution is -2.49. The number of ether oxygens (including phenoxy) is 3. The van der Waals surface area contributed by atoms with Gasteiger partial charge in [-0.3, -0.25) is 34.1 Å². The number of rotatable bonds is 7. The summed E-state index contributed by atoms with van der Waals surface area (Å²) in [6.07, 6.45) is 8.18. The molecule has 414 valence electrons. The number of likely N-dealkylation sites (tertiary alicyclic amines) is 1. The molecule has 3 aromatic rings. The zero-order valence-electron chi connectivity index (χ0n) is 46.4. The Hall–Kier alpha value is -6.15. The van der Waals surface area contributed by atoms with Gasteiger partial charge >= 0.3 is 11.8 Å². The monoisotopic (exact) mass is 1050 g/mol. The van der Waals surface area contributed by atoms with Gasteiger partial charge in [0.2, 0.25) is 5.91 Å². The van der Waals surface area contributed by atoms with E-state index in [1.807, 2.05) is 47.6 Å². The van der Waals surface area contributed by atoms with Crippen molar-refractivity contribution in [3.8, 4) is 17.2 Å². The number of anilines is 1. The van der Waals surface area contributed by atoms with Crippen molar-refractivity contribution in [3.63, 3.8) is 0 Å². The van der Waals surface area contributed by atoms with Crippen molar-refractivity contribution in [1.29, 1.82) is 0 Å². The Morgan fingerprint density at radius 1 is 0.908 bits per heavy atom. The number of benzene rings is 2. The average Bonchev–Trinajstić information content (AvgIpc) is 4.12. The van der Waals surface area contributed by atoms with Gasteiger partial charge in [0.15, 0.2) is 11.4 Å². The molecule has 5 bridgehead atoms. The normalized spacial score (nSPS) is 27.8. The number of piperazine rings is 1. The van der Waals surface area contributed by atoms with E-state index in [0.717, 1.165) is 30.7 Å². The Labute approximate surface area is 445 Å². The largest absolute Gasteiger partial charge is 0.507 e. The molecular weight excluding hydrogens is 975 g/mol. The number of carbonyl (C=O) groups excluding carboxylic acids is 4. The van der Waals surface area contributed by atoms with Gasteiger partial charge in [-0.05, 0) is 70.3 Å². The third-order valence-corrected chi connectivity index (χ3v) is 15.8. The third kappa shape index (κ3) is 11.9. The average molecular weight is 1050 g/mol. The molecule has 2 fully saturated rings. The van der Waals surface area contributed by atoms with E-state index in [1.165, 1.54) is 13.2 Å². The van der Waals surface area contributed by atoms with Crippen molar-refractivity contribution >= 4 is 40.0 Å². The van der Waals surface area contributed by atoms with Crippen LogP contribution in [0.1, 0.15) is 120 Å². The summed E-state index contributed by atoms with van der Waals surface area (Å²) >= 11 is 0. The number of piperidine rings is 1. The number of amides is 2. The smallest absolute Gasteiger partial charge is 0.315 e. The fraction of sp³-hybridized carbons (Fsp3) is 0.596. The van der Waals surface area contributed by atoms with E-state index in [4.69, 9.17) is 33.8 Å². The number of carbonyl (C=O) groups is 4. The molecule has 6 aliphatic rings. The van der Waals surface area contributed by atoms with Gasteiger partial charge in [-0.1, -0.05) is 64.9 Å². The van der Waals surface area contributed by atoms with Crippen LogP contribution in [0.4, 0.5) is 5.69 Å². The van der Waals surface area contributed by atoms with Gasteiger partial charge in [0, 0.05) is 107 Å². The Morgan fingerprint density at radius 3 is 2.22 bits per heavy atom. The van der Waals surface area contributed by atoms with Crippen LogP contribution < -0.4 is 20.8 Å². The maximum atomic E-state index is 14.9. The van der Waals surface area contributed by atoms with Crippen LogP contribution >= 0.6 is 0 Å². The van der Waals surface area contributed by atoms with Crippen molar-refractivity contribution in [1.82, 2.24) is 19.9 Å². The van der Waals surface area contributed by atoms with Gasteiger partial charge in [0.25, 0.3) is 11.7 Å². The zero-order chi connectivity index (χ0) is 55.6. The number of esters is 1. The van der Waals surface area contributed by atoms with Crippen molar-refractivity contribution in [2.24, 2.45) is 39.6 Å². The van der Waals surface area contributed by atoms with E-state index < -0.39 is 65.3 Å². The van der Waals surface area contributed by atoms with E-state index >= 15 is 0 Å². The van der Waals surface area contributed by atoms with Gasteiger partial charge in [0.05, 0.1) is 34.4 Å². The maximum absolute atomic E-state index is 14.9. The highest BCUT2D eigenvalue weighted by Gasteiger charge is 2.50. The van der Waals surface area contributed by atoms with Gasteiger partial charge < -0.3 is 54.3 Å². The number of aliphatic hydroxyl groups excluding tert-OH is 2. The summed E-state index contributed by atoms with van der Waals surface area (Å²) in [5.41, 5.74) is 1.45. The first-order valence-electron chi connectivity index (χ1n) is 26.7. The number of hydrogen-bond acceptors (Lipinski definition) is 17. The minimum atomic E-state index is -1.93. The Kier molecular flexibility index (Phi) is 17.9. The lowest BCUT2D eigenvalue weighted by molar-refractivity contribution is -0.161. The van der Waals surface area contributed by atoms with Gasteiger partial charge in [-0.25, -0.2) is 0 Å². The number of fused-ring (bicyclic) bond motifs is 13. The number of phenols is 2. The summed E-state index contributed by atoms with van der Waals surface area (Å²) < 4.78 is 24.0. The number of aliphatic hydroxyl groups is 2. The molecule has 0 radical (unpaired) electrons. The minimum absolute atomic E-state index is 0.0218. The van der Waals surface area contributed by atoms with E-state index in [9.17, 15) is 34.5 Å². The highest BCUT2D eigenvalue weighted by atomic mass is 16.7. The summed E-state index contributed by atoms with van der Waals surface area (Å²) in [6.45, 7) is 25.6. The molecule has 76 heavy (non-hydrogen) atoms. The van der Waals surface area contributed by atoms with Crippen LogP contribution in [0, 0.1) is 50.4 Å². The van der Waals surface area contributed by atoms with Crippen LogP contribution in [-0.2, 0) is 30.4 Å². The van der Waals surface area contributed by atoms with E-state index in [0.29, 0.717) is 76.6 Å². The Morgan fingerprint density at radius 2 is 1.58 bits per heavy atom. The molecule has 1 spiro atoms. The van der Waals surface area contributed by atoms with Gasteiger partial charge in [0.1, 0.15) is 40.8 Å². The fourth-order valence-corrected chi connectivity index (χ4v) is 11.3. The molecule has 7 heterocycles. The maximum Gasteiger partial charge on any atom is 0.315 e. The molecule has 2 saturated heterocycles. The molecule has 0 saturated carbocycles. The van der Waals surface area contributed by atoms with Crippen molar-refractivity contribution in [3.05, 3.63) is 75.0 Å². The highest BCUT2D eigenvalue weighted by Crippen LogP contribution is 2.50. The molecule has 9 rings (SSSR count). The summed E-state index contributed by atoms with van der Waals surface area (Å²) in [5, 5.41) is 50.5. The number of aromatic hydroxyl groups is 2. The quantitative estimate of drug-likeness (QED) is 0.102. The van der Waals surface area contributed by atoms with Crippen molar-refractivity contribution < 1.29 is 58.3 Å². The summed E-state index contributed by atoms with van der Waals surface area (Å²) in [7, 11) is 1.00. The van der Waals surface area contributed by atoms with E-state index in [-0.39, 0.29) is 74.0 Å². The second-order valence-corrected chi connectivity index (χ2v) is 22.1. The highest BCUT2D eigenvalue weighted by molar-refractivity contribution is 6.19. The van der Waals surface area contributed by atoms with Crippen molar-refractivity contribution in [2.75, 3.05) is 58.2 Å². The van der Waals surface area contributed by atoms with Crippen LogP contribution in [-0.4, -0.2) is 140 Å². The first-order valence-corrected chi connectivity index (χ1v) is 26.7. The Bertz CT molecular complexity index is 2890. The minimum Gasteiger partial charge on any atom is -0.507 e. The lowest BCUT2D eigenvalue weighted by atomic mass is 9.80. The number of ketones is 1. The molecule has 6 aliphatic heterocycles. The molecule has 5 N–H and O–H groups in total. The predicted octanol–water partition coefficient (Wildman–Crippen LogP) is 6.08. The molecular formula is C57H79N7O12. The number of nitrogens with one attached hydrogen (secondary N) is 1. The van der Waals surface area contributed by atoms with Crippen LogP contribution in [0.3, 0.4) is 0 Å². The molecule has 7 atom stereocenters. The van der Waals surface area contributed by atoms with Crippen LogP contribution in [0.5, 0.6) is 17.2 Å². The van der Waals surface area contributed by atoms with Crippen LogP contribution in [0.2, 0.25) is 0 Å². The second kappa shape index (κ2) is 23.6. The van der Waals surface area contributed by atoms with Crippen LogP contribution in [0.15, 0.2) is 50.6 Å². The first kappa shape index (κ1) is 57.6. The van der Waals surface area contributed by atoms with Crippen molar-refractivity contribution in [2.45, 2.75) is 138 Å². The Balaban J connectivity index is 0.00000415. The zero-order valence-corrected chi connectivity index (χ0v) is 46.4. The topological polar surface area (TPSA) is 249 Å². The number of allylic oxidation sites excluding steroid dienone is 4. The fourth-order valence-electron chi connectivity index (χ4n) is 11.3. The number of phenolic OH excluding ortho intramolecular Hbond substituents is 2. The molecule has 2 aromatic carbocycles. The first-order chi connectivity index (χ1) is 36.0. The molecule has 19 heteroatoms. The van der Waals surface area contributed by atoms with Crippen LogP contribution in [0.25, 0.3) is 10.8 Å². The molecule has 1 aromatic heterocycles.